The van der Waals surface area contributed by atoms with Crippen LogP contribution in [0.1, 0.15) is 27.8 Å². The monoisotopic (exact) mass is 468 g/mol. The number of amides is 1. The summed E-state index contributed by atoms with van der Waals surface area (Å²) in [5.74, 6) is 0.106. The smallest absolute Gasteiger partial charge is 0.234 e. The van der Waals surface area contributed by atoms with Gasteiger partial charge in [0.15, 0.2) is 0 Å². The summed E-state index contributed by atoms with van der Waals surface area (Å²) in [5.41, 5.74) is 9.92. The molecule has 172 valence electrons. The number of nitrogens with zero attached hydrogens (tertiary/aromatic N) is 3. The van der Waals surface area contributed by atoms with Crippen molar-refractivity contribution in [2.45, 2.75) is 39.8 Å². The minimum atomic E-state index is -0.0943. The third-order valence-corrected chi connectivity index (χ3v) is 6.43. The molecule has 0 fully saturated rings. The van der Waals surface area contributed by atoms with E-state index >= 15 is 0 Å². The fourth-order valence-corrected chi connectivity index (χ4v) is 4.46. The molecule has 6 heteroatoms. The summed E-state index contributed by atoms with van der Waals surface area (Å²) in [7, 11) is 0. The number of benzene rings is 3. The second-order valence-corrected chi connectivity index (χ2v) is 9.58. The molecule has 4 aromatic rings. The Kier molecular flexibility index (Phi) is 7.08. The number of aromatic nitrogens is 3. The fraction of sp³-hybridized carbons (Fsp3) is 0.214. The largest absolute Gasteiger partial charge is 0.325 e. The zero-order chi connectivity index (χ0) is 24.2. The third kappa shape index (κ3) is 5.51. The molecule has 4 rings (SSSR count). The number of rotatable bonds is 6. The van der Waals surface area contributed by atoms with Crippen molar-refractivity contribution in [3.05, 3.63) is 88.5 Å². The van der Waals surface area contributed by atoms with E-state index in [4.69, 9.17) is 4.98 Å². The van der Waals surface area contributed by atoms with Crippen molar-refractivity contribution in [3.8, 4) is 22.5 Å². The van der Waals surface area contributed by atoms with E-state index in [9.17, 15) is 4.79 Å². The molecule has 0 bridgehead atoms. The maximum atomic E-state index is 12.7. The lowest BCUT2D eigenvalue weighted by Gasteiger charge is -2.13. The molecule has 0 spiro atoms. The molecule has 0 aliphatic heterocycles. The first-order valence-corrected chi connectivity index (χ1v) is 12.2. The Hall–Kier alpha value is -3.51. The Balaban J connectivity index is 1.58. The predicted octanol–water partition coefficient (Wildman–Crippen LogP) is 6.48. The van der Waals surface area contributed by atoms with Crippen molar-refractivity contribution >= 4 is 23.4 Å². The van der Waals surface area contributed by atoms with E-state index in [1.54, 1.807) is 0 Å². The number of hydrogen-bond donors (Lipinski definition) is 1. The Labute approximate surface area is 205 Å². The molecular weight excluding hydrogens is 440 g/mol. The van der Waals surface area contributed by atoms with E-state index in [1.165, 1.54) is 28.5 Å². The highest BCUT2D eigenvalue weighted by atomic mass is 32.2. The molecule has 1 N–H and O–H groups in total. The normalized spacial score (nSPS) is 10.9. The van der Waals surface area contributed by atoms with Gasteiger partial charge in [0.1, 0.15) is 11.4 Å². The molecule has 0 aliphatic carbocycles. The third-order valence-electron chi connectivity index (χ3n) is 5.59. The first kappa shape index (κ1) is 23.6. The molecule has 5 nitrogen and oxygen atoms in total. The van der Waals surface area contributed by atoms with Crippen molar-refractivity contribution in [2.75, 3.05) is 11.1 Å². The van der Waals surface area contributed by atoms with Gasteiger partial charge in [0.2, 0.25) is 11.1 Å². The van der Waals surface area contributed by atoms with Crippen LogP contribution in [0.5, 0.6) is 0 Å². The highest BCUT2D eigenvalue weighted by Gasteiger charge is 2.15. The standard InChI is InChI=1S/C28H28N4OS/c1-17-6-10-22(11-7-17)26-27(23-12-8-18(2)9-13-23)31-32-28(30-26)34-16-24(33)29-25-20(4)14-19(3)15-21(25)5/h6-15H,16H2,1-5H3,(H,29,33). The van der Waals surface area contributed by atoms with Crippen LogP contribution in [0, 0.1) is 34.6 Å². The second kappa shape index (κ2) is 10.2. The van der Waals surface area contributed by atoms with Gasteiger partial charge in [-0.2, -0.15) is 0 Å². The highest BCUT2D eigenvalue weighted by Crippen LogP contribution is 2.30. The summed E-state index contributed by atoms with van der Waals surface area (Å²) in [5, 5.41) is 12.3. The van der Waals surface area contributed by atoms with Crippen LogP contribution in [0.4, 0.5) is 5.69 Å². The number of hydrogen-bond acceptors (Lipinski definition) is 5. The summed E-state index contributed by atoms with van der Waals surface area (Å²) < 4.78 is 0. The van der Waals surface area contributed by atoms with Crippen LogP contribution in [0.25, 0.3) is 22.5 Å². The molecule has 34 heavy (non-hydrogen) atoms. The van der Waals surface area contributed by atoms with Gasteiger partial charge in [-0.1, -0.05) is 89.1 Å². The number of anilines is 1. The van der Waals surface area contributed by atoms with Crippen LogP contribution in [-0.4, -0.2) is 26.8 Å². The van der Waals surface area contributed by atoms with E-state index in [-0.39, 0.29) is 11.7 Å². The molecule has 0 radical (unpaired) electrons. The lowest BCUT2D eigenvalue weighted by molar-refractivity contribution is -0.113. The van der Waals surface area contributed by atoms with Crippen LogP contribution in [0.2, 0.25) is 0 Å². The van der Waals surface area contributed by atoms with E-state index in [2.05, 4.69) is 72.7 Å². The van der Waals surface area contributed by atoms with Gasteiger partial charge in [0.25, 0.3) is 0 Å². The Morgan fingerprint density at radius 2 is 1.26 bits per heavy atom. The van der Waals surface area contributed by atoms with E-state index < -0.39 is 0 Å². The Morgan fingerprint density at radius 3 is 1.82 bits per heavy atom. The molecule has 0 aliphatic rings. The first-order valence-electron chi connectivity index (χ1n) is 11.2. The van der Waals surface area contributed by atoms with Gasteiger partial charge in [-0.25, -0.2) is 4.98 Å². The van der Waals surface area contributed by atoms with Gasteiger partial charge in [0.05, 0.1) is 5.75 Å². The van der Waals surface area contributed by atoms with Gasteiger partial charge in [-0.05, 0) is 45.7 Å². The van der Waals surface area contributed by atoms with Gasteiger partial charge >= 0.3 is 0 Å². The lowest BCUT2D eigenvalue weighted by atomic mass is 10.0. The summed E-state index contributed by atoms with van der Waals surface area (Å²) in [6.07, 6.45) is 0. The van der Waals surface area contributed by atoms with Crippen LogP contribution < -0.4 is 5.32 Å². The Morgan fingerprint density at radius 1 is 0.735 bits per heavy atom. The first-order chi connectivity index (χ1) is 16.3. The van der Waals surface area contributed by atoms with Gasteiger partial charge < -0.3 is 5.32 Å². The maximum Gasteiger partial charge on any atom is 0.234 e. The number of carbonyl (C=O) groups excluding carboxylic acids is 1. The molecule has 1 aromatic heterocycles. The number of aryl methyl sites for hydroxylation is 5. The number of carbonyl (C=O) groups is 1. The Bertz CT molecular complexity index is 1310. The predicted molar refractivity (Wildman–Crippen MR) is 140 cm³/mol. The molecule has 3 aromatic carbocycles. The van der Waals surface area contributed by atoms with Crippen LogP contribution in [-0.2, 0) is 4.79 Å². The maximum absolute atomic E-state index is 12.7. The van der Waals surface area contributed by atoms with Crippen LogP contribution in [0.15, 0.2) is 65.8 Å². The van der Waals surface area contributed by atoms with Gasteiger partial charge in [-0.3, -0.25) is 4.79 Å². The second-order valence-electron chi connectivity index (χ2n) is 8.63. The number of nitrogens with one attached hydrogen (secondary N) is 1. The average molecular weight is 469 g/mol. The molecule has 0 saturated carbocycles. The molecular formula is C28H28N4OS. The van der Waals surface area contributed by atoms with Crippen molar-refractivity contribution < 1.29 is 4.79 Å². The van der Waals surface area contributed by atoms with Crippen LogP contribution >= 0.6 is 11.8 Å². The molecule has 1 amide bonds. The fourth-order valence-electron chi connectivity index (χ4n) is 3.87. The van der Waals surface area contributed by atoms with E-state index in [1.807, 2.05) is 38.1 Å². The van der Waals surface area contributed by atoms with E-state index in [0.29, 0.717) is 5.16 Å². The van der Waals surface area contributed by atoms with Crippen molar-refractivity contribution in [2.24, 2.45) is 0 Å². The quantitative estimate of drug-likeness (QED) is 0.328. The minimum Gasteiger partial charge on any atom is -0.325 e. The summed E-state index contributed by atoms with van der Waals surface area (Å²) in [6.45, 7) is 10.2. The van der Waals surface area contributed by atoms with Crippen LogP contribution in [0.3, 0.4) is 0 Å². The number of thioether (sulfide) groups is 1. The van der Waals surface area contributed by atoms with E-state index in [0.717, 1.165) is 39.3 Å². The topological polar surface area (TPSA) is 67.8 Å². The van der Waals surface area contributed by atoms with Gasteiger partial charge in [0, 0.05) is 16.8 Å². The average Bonchev–Trinajstić information content (AvgIpc) is 2.81. The van der Waals surface area contributed by atoms with Crippen molar-refractivity contribution in [1.29, 1.82) is 0 Å². The van der Waals surface area contributed by atoms with Gasteiger partial charge in [-0.15, -0.1) is 10.2 Å². The minimum absolute atomic E-state index is 0.0943. The zero-order valence-corrected chi connectivity index (χ0v) is 21.0. The highest BCUT2D eigenvalue weighted by molar-refractivity contribution is 7.99. The molecule has 0 atom stereocenters. The van der Waals surface area contributed by atoms with Crippen molar-refractivity contribution in [3.63, 3.8) is 0 Å². The molecule has 0 unspecified atom stereocenters. The molecule has 0 saturated heterocycles. The lowest BCUT2D eigenvalue weighted by Crippen LogP contribution is -2.16. The summed E-state index contributed by atoms with van der Waals surface area (Å²) in [4.78, 5) is 17.5. The van der Waals surface area contributed by atoms with Crippen molar-refractivity contribution in [1.82, 2.24) is 15.2 Å². The zero-order valence-electron chi connectivity index (χ0n) is 20.1. The summed E-state index contributed by atoms with van der Waals surface area (Å²) in [6, 6.07) is 20.5. The SMILES string of the molecule is Cc1ccc(-c2nnc(SCC(=O)Nc3c(C)cc(C)cc3C)nc2-c2ccc(C)cc2)cc1. The summed E-state index contributed by atoms with van der Waals surface area (Å²) >= 11 is 1.28. The molecule has 1 heterocycles.